The van der Waals surface area contributed by atoms with Crippen LogP contribution in [0.25, 0.3) is 0 Å². The minimum absolute atomic E-state index is 0.552. The molecule has 0 atom stereocenters. The molecule has 2 aromatic rings. The Balaban J connectivity index is 2.23. The highest BCUT2D eigenvalue weighted by atomic mass is 16.5. The van der Waals surface area contributed by atoms with Crippen LogP contribution in [-0.4, -0.2) is 26.3 Å². The first-order valence-corrected chi connectivity index (χ1v) is 6.35. The van der Waals surface area contributed by atoms with Crippen LogP contribution in [0, 0.1) is 13.8 Å². The summed E-state index contributed by atoms with van der Waals surface area (Å²) in [6.45, 7) is 6.85. The van der Waals surface area contributed by atoms with Crippen molar-refractivity contribution in [2.24, 2.45) is 7.05 Å². The maximum Gasteiger partial charge on any atom is 0.229 e. The average Bonchev–Trinajstić information content (AvgIpc) is 2.69. The summed E-state index contributed by atoms with van der Waals surface area (Å²) >= 11 is 0. The zero-order chi connectivity index (χ0) is 13.8. The second-order valence-corrected chi connectivity index (χ2v) is 4.43. The Morgan fingerprint density at radius 1 is 1.32 bits per heavy atom. The molecule has 0 saturated carbocycles. The van der Waals surface area contributed by atoms with Gasteiger partial charge in [-0.2, -0.15) is 5.10 Å². The van der Waals surface area contributed by atoms with Gasteiger partial charge in [-0.1, -0.05) is 6.92 Å². The number of rotatable bonds is 5. The van der Waals surface area contributed by atoms with Crippen LogP contribution in [0.1, 0.15) is 24.6 Å². The second-order valence-electron chi connectivity index (χ2n) is 4.43. The van der Waals surface area contributed by atoms with E-state index >= 15 is 0 Å². The van der Waals surface area contributed by atoms with Crippen LogP contribution < -0.4 is 10.1 Å². The van der Waals surface area contributed by atoms with Gasteiger partial charge in [0, 0.05) is 19.7 Å². The Labute approximate surface area is 112 Å². The standard InChI is InChI=1S/C13H19N5O/c1-5-6-14-12-10(3)13(16-8-15-12)19-11-7-9(2)17-18(11)4/h7-8H,5-6H2,1-4H3,(H,14,15,16). The van der Waals surface area contributed by atoms with Gasteiger partial charge in [-0.25, -0.2) is 14.6 Å². The minimum Gasteiger partial charge on any atom is -0.420 e. The lowest BCUT2D eigenvalue weighted by Gasteiger charge is -2.11. The number of anilines is 1. The fourth-order valence-corrected chi connectivity index (χ4v) is 1.74. The molecular weight excluding hydrogens is 242 g/mol. The molecular formula is C13H19N5O. The van der Waals surface area contributed by atoms with Gasteiger partial charge in [0.1, 0.15) is 12.1 Å². The van der Waals surface area contributed by atoms with Gasteiger partial charge < -0.3 is 10.1 Å². The largest absolute Gasteiger partial charge is 0.420 e. The zero-order valence-corrected chi connectivity index (χ0v) is 11.8. The van der Waals surface area contributed by atoms with Gasteiger partial charge in [-0.05, 0) is 20.3 Å². The predicted molar refractivity (Wildman–Crippen MR) is 73.6 cm³/mol. The smallest absolute Gasteiger partial charge is 0.229 e. The van der Waals surface area contributed by atoms with E-state index in [1.54, 1.807) is 4.68 Å². The van der Waals surface area contributed by atoms with Crippen LogP contribution in [0.4, 0.5) is 5.82 Å². The van der Waals surface area contributed by atoms with Gasteiger partial charge in [0.05, 0.1) is 11.3 Å². The van der Waals surface area contributed by atoms with Crippen LogP contribution in [0.15, 0.2) is 12.4 Å². The summed E-state index contributed by atoms with van der Waals surface area (Å²) < 4.78 is 7.48. The summed E-state index contributed by atoms with van der Waals surface area (Å²) in [4.78, 5) is 8.40. The van der Waals surface area contributed by atoms with Gasteiger partial charge in [-0.15, -0.1) is 0 Å². The lowest BCUT2D eigenvalue weighted by atomic mass is 10.3. The van der Waals surface area contributed by atoms with Gasteiger partial charge >= 0.3 is 0 Å². The molecule has 2 rings (SSSR count). The van der Waals surface area contributed by atoms with Crippen molar-refractivity contribution >= 4 is 5.82 Å². The monoisotopic (exact) mass is 261 g/mol. The van der Waals surface area contributed by atoms with Crippen molar-refractivity contribution in [1.29, 1.82) is 0 Å². The molecule has 19 heavy (non-hydrogen) atoms. The summed E-state index contributed by atoms with van der Waals surface area (Å²) in [7, 11) is 1.84. The van der Waals surface area contributed by atoms with Crippen molar-refractivity contribution in [3.63, 3.8) is 0 Å². The van der Waals surface area contributed by atoms with E-state index in [1.807, 2.05) is 27.0 Å². The molecule has 6 nitrogen and oxygen atoms in total. The van der Waals surface area contributed by atoms with Crippen LogP contribution >= 0.6 is 0 Å². The van der Waals surface area contributed by atoms with Crippen molar-refractivity contribution in [2.45, 2.75) is 27.2 Å². The Hall–Kier alpha value is -2.11. The van der Waals surface area contributed by atoms with E-state index in [0.717, 1.165) is 30.0 Å². The van der Waals surface area contributed by atoms with Crippen LogP contribution in [0.5, 0.6) is 11.8 Å². The topological polar surface area (TPSA) is 64.9 Å². The van der Waals surface area contributed by atoms with Gasteiger partial charge in [0.25, 0.3) is 0 Å². The molecule has 2 heterocycles. The highest BCUT2D eigenvalue weighted by Gasteiger charge is 2.11. The summed E-state index contributed by atoms with van der Waals surface area (Å²) in [5.41, 5.74) is 1.81. The fraction of sp³-hybridized carbons (Fsp3) is 0.462. The third-order valence-corrected chi connectivity index (χ3v) is 2.74. The van der Waals surface area contributed by atoms with E-state index in [2.05, 4.69) is 27.3 Å². The molecule has 102 valence electrons. The lowest BCUT2D eigenvalue weighted by molar-refractivity contribution is 0.411. The van der Waals surface area contributed by atoms with E-state index in [-0.39, 0.29) is 0 Å². The third kappa shape index (κ3) is 3.01. The van der Waals surface area contributed by atoms with Gasteiger partial charge in [-0.3, -0.25) is 0 Å². The number of aryl methyl sites for hydroxylation is 2. The van der Waals surface area contributed by atoms with E-state index in [4.69, 9.17) is 4.74 Å². The molecule has 0 saturated heterocycles. The van der Waals surface area contributed by atoms with Crippen LogP contribution in [0.2, 0.25) is 0 Å². The van der Waals surface area contributed by atoms with Crippen LogP contribution in [0.3, 0.4) is 0 Å². The SMILES string of the molecule is CCCNc1ncnc(Oc2cc(C)nn2C)c1C. The van der Waals surface area contributed by atoms with Crippen molar-refractivity contribution in [2.75, 3.05) is 11.9 Å². The number of nitrogens with one attached hydrogen (secondary N) is 1. The van der Waals surface area contributed by atoms with Gasteiger partial charge in [0.15, 0.2) is 0 Å². The molecule has 1 N–H and O–H groups in total. The molecule has 0 aliphatic carbocycles. The zero-order valence-electron chi connectivity index (χ0n) is 11.8. The molecule has 0 aliphatic rings. The van der Waals surface area contributed by atoms with Crippen LogP contribution in [-0.2, 0) is 7.05 Å². The Morgan fingerprint density at radius 2 is 2.11 bits per heavy atom. The molecule has 0 fully saturated rings. The molecule has 0 spiro atoms. The highest BCUT2D eigenvalue weighted by molar-refractivity contribution is 5.48. The van der Waals surface area contributed by atoms with Crippen molar-refractivity contribution in [1.82, 2.24) is 19.7 Å². The molecule has 6 heteroatoms. The van der Waals surface area contributed by atoms with E-state index < -0.39 is 0 Å². The summed E-state index contributed by atoms with van der Waals surface area (Å²) in [5.74, 6) is 2.03. The van der Waals surface area contributed by atoms with E-state index in [9.17, 15) is 0 Å². The maximum absolute atomic E-state index is 5.79. The summed E-state index contributed by atoms with van der Waals surface area (Å²) in [6.07, 6.45) is 2.55. The number of ether oxygens (including phenoxy) is 1. The second kappa shape index (κ2) is 5.69. The normalized spacial score (nSPS) is 10.5. The van der Waals surface area contributed by atoms with Gasteiger partial charge in [0.2, 0.25) is 11.8 Å². The lowest BCUT2D eigenvalue weighted by Crippen LogP contribution is -2.06. The maximum atomic E-state index is 5.79. The summed E-state index contributed by atoms with van der Waals surface area (Å²) in [6, 6.07) is 1.88. The van der Waals surface area contributed by atoms with E-state index in [1.165, 1.54) is 6.33 Å². The number of aromatic nitrogens is 4. The number of nitrogens with zero attached hydrogens (tertiary/aromatic N) is 4. The number of hydrogen-bond acceptors (Lipinski definition) is 5. The first-order valence-electron chi connectivity index (χ1n) is 6.35. The fourth-order valence-electron chi connectivity index (χ4n) is 1.74. The molecule has 0 amide bonds. The minimum atomic E-state index is 0.552. The summed E-state index contributed by atoms with van der Waals surface area (Å²) in [5, 5.41) is 7.50. The molecule has 0 aromatic carbocycles. The molecule has 0 bridgehead atoms. The Kier molecular flexibility index (Phi) is 3.99. The predicted octanol–water partition coefficient (Wildman–Crippen LogP) is 2.44. The molecule has 0 unspecified atom stereocenters. The van der Waals surface area contributed by atoms with Crippen molar-refractivity contribution in [3.05, 3.63) is 23.7 Å². The average molecular weight is 261 g/mol. The quantitative estimate of drug-likeness (QED) is 0.895. The highest BCUT2D eigenvalue weighted by Crippen LogP contribution is 2.26. The Morgan fingerprint density at radius 3 is 2.74 bits per heavy atom. The first-order chi connectivity index (χ1) is 9.11. The number of hydrogen-bond donors (Lipinski definition) is 1. The third-order valence-electron chi connectivity index (χ3n) is 2.74. The van der Waals surface area contributed by atoms with Crippen molar-refractivity contribution in [3.8, 4) is 11.8 Å². The molecule has 2 aromatic heterocycles. The first kappa shape index (κ1) is 13.3. The van der Waals surface area contributed by atoms with E-state index in [0.29, 0.717) is 11.8 Å². The molecule has 0 aliphatic heterocycles. The van der Waals surface area contributed by atoms with Crippen molar-refractivity contribution < 1.29 is 4.74 Å². The molecule has 0 radical (unpaired) electrons. The Bertz CT molecular complexity index is 564.